The van der Waals surface area contributed by atoms with Gasteiger partial charge in [-0.25, -0.2) is 0 Å². The zero-order chi connectivity index (χ0) is 15.7. The number of benzene rings is 2. The summed E-state index contributed by atoms with van der Waals surface area (Å²) in [5, 5.41) is 9.08. The van der Waals surface area contributed by atoms with Crippen molar-refractivity contribution in [2.24, 2.45) is 11.3 Å². The lowest BCUT2D eigenvalue weighted by Gasteiger charge is -2.23. The van der Waals surface area contributed by atoms with E-state index in [-0.39, 0.29) is 11.8 Å². The molecule has 3 nitrogen and oxygen atoms in total. The lowest BCUT2D eigenvalue weighted by atomic mass is 9.92. The monoisotopic (exact) mass is 308 g/mol. The first-order chi connectivity index (χ1) is 11.3. The van der Waals surface area contributed by atoms with Gasteiger partial charge >= 0.3 is 0 Å². The van der Waals surface area contributed by atoms with E-state index in [2.05, 4.69) is 53.1 Å². The number of fused-ring (bicyclic) bond motifs is 1. The van der Waals surface area contributed by atoms with E-state index in [1.54, 1.807) is 0 Å². The van der Waals surface area contributed by atoms with Crippen LogP contribution in [0, 0.1) is 11.3 Å². The van der Waals surface area contributed by atoms with Crippen molar-refractivity contribution >= 4 is 16.7 Å². The Labute approximate surface area is 137 Å². The summed E-state index contributed by atoms with van der Waals surface area (Å²) in [6.07, 6.45) is 4.32. The first kappa shape index (κ1) is 14.7. The molecule has 0 aromatic heterocycles. The topological polar surface area (TPSA) is 41.1 Å². The minimum atomic E-state index is 0.265. The Hall–Kier alpha value is -1.87. The Kier molecular flexibility index (Phi) is 3.82. The van der Waals surface area contributed by atoms with Gasteiger partial charge in [0.1, 0.15) is 0 Å². The van der Waals surface area contributed by atoms with E-state index in [0.29, 0.717) is 5.41 Å². The molecule has 1 amide bonds. The molecule has 2 aromatic rings. The molecule has 0 bridgehead atoms. The number of hydrogen-bond donors (Lipinski definition) is 2. The zero-order valence-corrected chi connectivity index (χ0v) is 13.5. The average molecular weight is 308 g/mol. The van der Waals surface area contributed by atoms with Crippen molar-refractivity contribution in [1.29, 1.82) is 0 Å². The highest BCUT2D eigenvalue weighted by Gasteiger charge is 2.57. The van der Waals surface area contributed by atoms with Crippen molar-refractivity contribution in [3.05, 3.63) is 48.0 Å². The molecular weight excluding hydrogens is 284 g/mol. The second-order valence-corrected chi connectivity index (χ2v) is 7.09. The van der Waals surface area contributed by atoms with Crippen molar-refractivity contribution in [3.8, 4) is 0 Å². The Balaban J connectivity index is 1.30. The van der Waals surface area contributed by atoms with Crippen molar-refractivity contribution < 1.29 is 4.79 Å². The summed E-state index contributed by atoms with van der Waals surface area (Å²) in [4.78, 5) is 12.3. The molecule has 1 spiro atoms. The van der Waals surface area contributed by atoms with E-state index >= 15 is 0 Å². The summed E-state index contributed by atoms with van der Waals surface area (Å²) in [6.45, 7) is 2.88. The molecule has 0 radical (unpaired) electrons. The maximum atomic E-state index is 12.3. The standard InChI is InChI=1S/C20H24N2O/c23-19(18-14-20(18)8-11-21-12-9-20)22-10-7-15-5-6-16-3-1-2-4-17(16)13-15/h1-6,13,18,21H,7-12,14H2,(H,22,23). The summed E-state index contributed by atoms with van der Waals surface area (Å²) >= 11 is 0. The number of carbonyl (C=O) groups is 1. The van der Waals surface area contributed by atoms with Crippen LogP contribution in [0.4, 0.5) is 0 Å². The fraction of sp³-hybridized carbons (Fsp3) is 0.450. The molecule has 1 unspecified atom stereocenters. The Bertz CT molecular complexity index is 718. The first-order valence-corrected chi connectivity index (χ1v) is 8.73. The average Bonchev–Trinajstić information content (AvgIpc) is 3.28. The largest absolute Gasteiger partial charge is 0.356 e. The summed E-state index contributed by atoms with van der Waals surface area (Å²) in [5.41, 5.74) is 1.62. The SMILES string of the molecule is O=C(NCCc1ccc2ccccc2c1)C1CC12CCNCC2. The van der Waals surface area contributed by atoms with Crippen molar-refractivity contribution in [2.45, 2.75) is 25.7 Å². The minimum absolute atomic E-state index is 0.265. The molecule has 2 aliphatic rings. The van der Waals surface area contributed by atoms with Gasteiger partial charge in [0.2, 0.25) is 5.91 Å². The fourth-order valence-corrected chi connectivity index (χ4v) is 4.04. The highest BCUT2D eigenvalue weighted by molar-refractivity contribution is 5.83. The normalized spacial score (nSPS) is 22.2. The fourth-order valence-electron chi connectivity index (χ4n) is 4.04. The van der Waals surface area contributed by atoms with Crippen LogP contribution >= 0.6 is 0 Å². The van der Waals surface area contributed by atoms with E-state index < -0.39 is 0 Å². The number of amides is 1. The van der Waals surface area contributed by atoms with Crippen LogP contribution in [-0.4, -0.2) is 25.5 Å². The van der Waals surface area contributed by atoms with Crippen molar-refractivity contribution in [3.63, 3.8) is 0 Å². The second-order valence-electron chi connectivity index (χ2n) is 7.09. The van der Waals surface area contributed by atoms with Crippen molar-refractivity contribution in [1.82, 2.24) is 10.6 Å². The van der Waals surface area contributed by atoms with Crippen LogP contribution in [0.15, 0.2) is 42.5 Å². The maximum Gasteiger partial charge on any atom is 0.223 e. The van der Waals surface area contributed by atoms with E-state index in [9.17, 15) is 4.79 Å². The third-order valence-corrected chi connectivity index (χ3v) is 5.63. The molecule has 2 N–H and O–H groups in total. The molecule has 1 saturated heterocycles. The lowest BCUT2D eigenvalue weighted by Crippen LogP contribution is -2.34. The summed E-state index contributed by atoms with van der Waals surface area (Å²) < 4.78 is 0. The van der Waals surface area contributed by atoms with Gasteiger partial charge < -0.3 is 10.6 Å². The van der Waals surface area contributed by atoms with Gasteiger partial charge in [-0.3, -0.25) is 4.79 Å². The number of nitrogens with one attached hydrogen (secondary N) is 2. The molecule has 1 heterocycles. The number of rotatable bonds is 4. The van der Waals surface area contributed by atoms with Crippen LogP contribution in [0.25, 0.3) is 10.8 Å². The Morgan fingerprint density at radius 1 is 1.13 bits per heavy atom. The van der Waals surface area contributed by atoms with Crippen LogP contribution in [0.5, 0.6) is 0 Å². The summed E-state index contributed by atoms with van der Waals surface area (Å²) in [7, 11) is 0. The molecule has 3 heteroatoms. The molecule has 120 valence electrons. The third kappa shape index (κ3) is 2.98. The highest BCUT2D eigenvalue weighted by atomic mass is 16.2. The van der Waals surface area contributed by atoms with Crippen LogP contribution < -0.4 is 10.6 Å². The summed E-state index contributed by atoms with van der Waals surface area (Å²) in [6, 6.07) is 15.0. The van der Waals surface area contributed by atoms with Gasteiger partial charge in [-0.05, 0) is 60.5 Å². The van der Waals surface area contributed by atoms with E-state index in [0.717, 1.165) is 45.3 Å². The molecule has 4 rings (SSSR count). The molecule has 2 fully saturated rings. The van der Waals surface area contributed by atoms with Gasteiger partial charge in [-0.15, -0.1) is 0 Å². The van der Waals surface area contributed by atoms with Crippen LogP contribution in [0.3, 0.4) is 0 Å². The van der Waals surface area contributed by atoms with Gasteiger partial charge in [0.25, 0.3) is 0 Å². The van der Waals surface area contributed by atoms with Crippen LogP contribution in [0.2, 0.25) is 0 Å². The number of hydrogen-bond acceptors (Lipinski definition) is 2. The van der Waals surface area contributed by atoms with E-state index in [1.807, 2.05) is 0 Å². The minimum Gasteiger partial charge on any atom is -0.356 e. The molecule has 1 atom stereocenters. The second kappa shape index (κ2) is 5.97. The van der Waals surface area contributed by atoms with E-state index in [4.69, 9.17) is 0 Å². The third-order valence-electron chi connectivity index (χ3n) is 5.63. The molecular formula is C20H24N2O. The zero-order valence-electron chi connectivity index (χ0n) is 13.5. The lowest BCUT2D eigenvalue weighted by molar-refractivity contribution is -0.123. The first-order valence-electron chi connectivity index (χ1n) is 8.73. The summed E-state index contributed by atoms with van der Waals surface area (Å²) in [5.74, 6) is 0.536. The Morgan fingerprint density at radius 2 is 1.91 bits per heavy atom. The number of piperidine rings is 1. The van der Waals surface area contributed by atoms with Gasteiger partial charge in [0.15, 0.2) is 0 Å². The van der Waals surface area contributed by atoms with Gasteiger partial charge in [0, 0.05) is 12.5 Å². The molecule has 1 aliphatic carbocycles. The van der Waals surface area contributed by atoms with Crippen molar-refractivity contribution in [2.75, 3.05) is 19.6 Å². The molecule has 1 aliphatic heterocycles. The van der Waals surface area contributed by atoms with Gasteiger partial charge in [0.05, 0.1) is 0 Å². The van der Waals surface area contributed by atoms with Crippen LogP contribution in [0.1, 0.15) is 24.8 Å². The quantitative estimate of drug-likeness (QED) is 0.912. The predicted octanol–water partition coefficient (Wildman–Crippen LogP) is 2.89. The maximum absolute atomic E-state index is 12.3. The van der Waals surface area contributed by atoms with Crippen LogP contribution in [-0.2, 0) is 11.2 Å². The molecule has 23 heavy (non-hydrogen) atoms. The van der Waals surface area contributed by atoms with Gasteiger partial charge in [-0.2, -0.15) is 0 Å². The Morgan fingerprint density at radius 3 is 2.74 bits per heavy atom. The smallest absolute Gasteiger partial charge is 0.223 e. The molecule has 2 aromatic carbocycles. The molecule has 1 saturated carbocycles. The van der Waals surface area contributed by atoms with Gasteiger partial charge in [-0.1, -0.05) is 42.5 Å². The highest BCUT2D eigenvalue weighted by Crippen LogP contribution is 2.58. The number of carbonyl (C=O) groups excluding carboxylic acids is 1. The predicted molar refractivity (Wildman–Crippen MR) is 93.3 cm³/mol. The van der Waals surface area contributed by atoms with E-state index in [1.165, 1.54) is 16.3 Å².